The van der Waals surface area contributed by atoms with Gasteiger partial charge in [0.15, 0.2) is 0 Å². The molecule has 0 amide bonds. The fraction of sp³-hybridized carbons (Fsp3) is 0.300. The van der Waals surface area contributed by atoms with Gasteiger partial charge in [0.1, 0.15) is 12.4 Å². The Labute approximate surface area is 134 Å². The standard InChI is InChI=1S/C20H25NO/c1-16-5-9-18(10-6-16)15-20(22-14-13-21(3)4)19-11-7-17(2)8-12-19/h5-12,15H,13-14H2,1-4H3/b20-15-. The van der Waals surface area contributed by atoms with Crippen LogP contribution in [0.2, 0.25) is 0 Å². The first kappa shape index (κ1) is 16.3. The summed E-state index contributed by atoms with van der Waals surface area (Å²) in [6, 6.07) is 17.0. The molecular formula is C20H25NO. The third-order valence-electron chi connectivity index (χ3n) is 3.51. The number of ether oxygens (including phenoxy) is 1. The summed E-state index contributed by atoms with van der Waals surface area (Å²) < 4.78 is 6.03. The van der Waals surface area contributed by atoms with Crippen LogP contribution in [0.5, 0.6) is 0 Å². The molecule has 0 aliphatic rings. The van der Waals surface area contributed by atoms with Crippen LogP contribution in [0.15, 0.2) is 48.5 Å². The van der Waals surface area contributed by atoms with Crippen molar-refractivity contribution in [3.05, 3.63) is 70.8 Å². The zero-order valence-electron chi connectivity index (χ0n) is 14.0. The van der Waals surface area contributed by atoms with Crippen LogP contribution in [0.1, 0.15) is 22.3 Å². The van der Waals surface area contributed by atoms with Crippen molar-refractivity contribution in [3.63, 3.8) is 0 Å². The summed E-state index contributed by atoms with van der Waals surface area (Å²) in [5.41, 5.74) is 4.80. The van der Waals surface area contributed by atoms with Gasteiger partial charge in [-0.1, -0.05) is 59.7 Å². The molecule has 22 heavy (non-hydrogen) atoms. The summed E-state index contributed by atoms with van der Waals surface area (Å²) in [7, 11) is 4.11. The predicted octanol–water partition coefficient (Wildman–Crippen LogP) is 4.38. The van der Waals surface area contributed by atoms with E-state index in [-0.39, 0.29) is 0 Å². The van der Waals surface area contributed by atoms with Crippen LogP contribution in [0.25, 0.3) is 11.8 Å². The van der Waals surface area contributed by atoms with Crippen molar-refractivity contribution in [2.75, 3.05) is 27.2 Å². The number of hydrogen-bond acceptors (Lipinski definition) is 2. The second-order valence-electron chi connectivity index (χ2n) is 5.94. The first-order valence-electron chi connectivity index (χ1n) is 7.67. The molecule has 2 aromatic rings. The van der Waals surface area contributed by atoms with Gasteiger partial charge in [0, 0.05) is 12.1 Å². The molecule has 0 aliphatic carbocycles. The maximum absolute atomic E-state index is 6.03. The van der Waals surface area contributed by atoms with Crippen molar-refractivity contribution in [2.45, 2.75) is 13.8 Å². The van der Waals surface area contributed by atoms with Crippen molar-refractivity contribution in [3.8, 4) is 0 Å². The smallest absolute Gasteiger partial charge is 0.127 e. The molecule has 116 valence electrons. The molecule has 0 fully saturated rings. The third-order valence-corrected chi connectivity index (χ3v) is 3.51. The average Bonchev–Trinajstić information content (AvgIpc) is 2.49. The maximum atomic E-state index is 6.03. The minimum absolute atomic E-state index is 0.679. The predicted molar refractivity (Wildman–Crippen MR) is 94.7 cm³/mol. The highest BCUT2D eigenvalue weighted by atomic mass is 16.5. The Balaban J connectivity index is 2.23. The second kappa shape index (κ2) is 7.81. The highest BCUT2D eigenvalue weighted by molar-refractivity contribution is 5.77. The Kier molecular flexibility index (Phi) is 5.79. The van der Waals surface area contributed by atoms with Crippen LogP contribution in [-0.2, 0) is 4.74 Å². The van der Waals surface area contributed by atoms with E-state index in [9.17, 15) is 0 Å². The molecular weight excluding hydrogens is 270 g/mol. The fourth-order valence-electron chi connectivity index (χ4n) is 2.08. The van der Waals surface area contributed by atoms with E-state index in [1.54, 1.807) is 0 Å². The van der Waals surface area contributed by atoms with Crippen LogP contribution in [-0.4, -0.2) is 32.1 Å². The third kappa shape index (κ3) is 5.05. The van der Waals surface area contributed by atoms with Crippen LogP contribution in [0, 0.1) is 13.8 Å². The summed E-state index contributed by atoms with van der Waals surface area (Å²) in [5.74, 6) is 0.922. The van der Waals surface area contributed by atoms with Gasteiger partial charge in [-0.05, 0) is 39.6 Å². The van der Waals surface area contributed by atoms with Crippen molar-refractivity contribution in [2.24, 2.45) is 0 Å². The Bertz CT molecular complexity index is 609. The van der Waals surface area contributed by atoms with Gasteiger partial charge in [0.2, 0.25) is 0 Å². The first-order valence-corrected chi connectivity index (χ1v) is 7.67. The van der Waals surface area contributed by atoms with Crippen molar-refractivity contribution in [1.82, 2.24) is 4.90 Å². The molecule has 0 N–H and O–H groups in total. The molecule has 0 aromatic heterocycles. The zero-order chi connectivity index (χ0) is 15.9. The molecule has 0 spiro atoms. The summed E-state index contributed by atoms with van der Waals surface area (Å²) >= 11 is 0. The van der Waals surface area contributed by atoms with Crippen molar-refractivity contribution in [1.29, 1.82) is 0 Å². The Morgan fingerprint density at radius 2 is 1.45 bits per heavy atom. The van der Waals surface area contributed by atoms with Crippen molar-refractivity contribution >= 4 is 11.8 Å². The van der Waals surface area contributed by atoms with Gasteiger partial charge >= 0.3 is 0 Å². The zero-order valence-corrected chi connectivity index (χ0v) is 14.0. The topological polar surface area (TPSA) is 12.5 Å². The lowest BCUT2D eigenvalue weighted by Crippen LogP contribution is -2.17. The Morgan fingerprint density at radius 3 is 2.00 bits per heavy atom. The number of hydrogen-bond donors (Lipinski definition) is 0. The minimum atomic E-state index is 0.679. The molecule has 2 rings (SSSR count). The largest absolute Gasteiger partial charge is 0.492 e. The van der Waals surface area contributed by atoms with Gasteiger partial charge in [0.25, 0.3) is 0 Å². The van der Waals surface area contributed by atoms with Gasteiger partial charge in [-0.25, -0.2) is 0 Å². The lowest BCUT2D eigenvalue weighted by Gasteiger charge is -2.14. The number of aryl methyl sites for hydroxylation is 2. The summed E-state index contributed by atoms with van der Waals surface area (Å²) in [5, 5.41) is 0. The van der Waals surface area contributed by atoms with E-state index >= 15 is 0 Å². The first-order chi connectivity index (χ1) is 10.5. The van der Waals surface area contributed by atoms with Crippen LogP contribution in [0.4, 0.5) is 0 Å². The molecule has 0 bridgehead atoms. The van der Waals surface area contributed by atoms with E-state index in [0.717, 1.165) is 23.4 Å². The highest BCUT2D eigenvalue weighted by Gasteiger charge is 2.04. The number of nitrogens with zero attached hydrogens (tertiary/aromatic N) is 1. The van der Waals surface area contributed by atoms with Crippen molar-refractivity contribution < 1.29 is 4.74 Å². The molecule has 0 heterocycles. The molecule has 0 saturated heterocycles. The van der Waals surface area contributed by atoms with E-state index in [1.165, 1.54) is 11.1 Å². The van der Waals surface area contributed by atoms with E-state index in [4.69, 9.17) is 4.74 Å². The molecule has 0 unspecified atom stereocenters. The van der Waals surface area contributed by atoms with Gasteiger partial charge in [-0.3, -0.25) is 0 Å². The quantitative estimate of drug-likeness (QED) is 0.579. The summed E-state index contributed by atoms with van der Waals surface area (Å²) in [6.07, 6.45) is 2.11. The molecule has 0 atom stereocenters. The van der Waals surface area contributed by atoms with Gasteiger partial charge < -0.3 is 9.64 Å². The molecule has 2 aromatic carbocycles. The molecule has 2 nitrogen and oxygen atoms in total. The van der Waals surface area contributed by atoms with Crippen LogP contribution >= 0.6 is 0 Å². The summed E-state index contributed by atoms with van der Waals surface area (Å²) in [6.45, 7) is 5.78. The Morgan fingerprint density at radius 1 is 0.909 bits per heavy atom. The van der Waals surface area contributed by atoms with E-state index < -0.39 is 0 Å². The molecule has 0 saturated carbocycles. The Hall–Kier alpha value is -2.06. The summed E-state index contributed by atoms with van der Waals surface area (Å²) in [4.78, 5) is 2.12. The van der Waals surface area contributed by atoms with E-state index in [2.05, 4.69) is 87.4 Å². The van der Waals surface area contributed by atoms with E-state index in [0.29, 0.717) is 6.61 Å². The fourth-order valence-corrected chi connectivity index (χ4v) is 2.08. The molecule has 0 radical (unpaired) electrons. The lowest BCUT2D eigenvalue weighted by atomic mass is 10.1. The molecule has 0 aliphatic heterocycles. The normalized spacial score (nSPS) is 11.8. The SMILES string of the molecule is Cc1ccc(/C=C(\OCCN(C)C)c2ccc(C)cc2)cc1. The number of likely N-dealkylation sites (N-methyl/N-ethyl adjacent to an activating group) is 1. The highest BCUT2D eigenvalue weighted by Crippen LogP contribution is 2.20. The van der Waals surface area contributed by atoms with Gasteiger partial charge in [-0.15, -0.1) is 0 Å². The molecule has 2 heteroatoms. The maximum Gasteiger partial charge on any atom is 0.127 e. The second-order valence-corrected chi connectivity index (χ2v) is 5.94. The number of benzene rings is 2. The monoisotopic (exact) mass is 295 g/mol. The van der Waals surface area contributed by atoms with E-state index in [1.807, 2.05) is 0 Å². The lowest BCUT2D eigenvalue weighted by molar-refractivity contribution is 0.234. The van der Waals surface area contributed by atoms with Gasteiger partial charge in [0.05, 0.1) is 0 Å². The van der Waals surface area contributed by atoms with Crippen LogP contribution in [0.3, 0.4) is 0 Å². The minimum Gasteiger partial charge on any atom is -0.492 e. The average molecular weight is 295 g/mol. The van der Waals surface area contributed by atoms with Crippen LogP contribution < -0.4 is 0 Å². The van der Waals surface area contributed by atoms with Gasteiger partial charge in [-0.2, -0.15) is 0 Å². The number of rotatable bonds is 6.